The average molecular weight is 344 g/mol. The molecule has 1 fully saturated rings. The number of carbonyl (C=O) groups excluding carboxylic acids is 3. The summed E-state index contributed by atoms with van der Waals surface area (Å²) in [5.41, 5.74) is 0. The van der Waals surface area contributed by atoms with Gasteiger partial charge in [-0.1, -0.05) is 0 Å². The number of alkyl halides is 2. The fourth-order valence-electron chi connectivity index (χ4n) is 1.42. The van der Waals surface area contributed by atoms with Gasteiger partial charge < -0.3 is 4.74 Å². The van der Waals surface area contributed by atoms with E-state index in [4.69, 9.17) is 0 Å². The summed E-state index contributed by atoms with van der Waals surface area (Å²) in [6.07, 6.45) is -6.27. The summed E-state index contributed by atoms with van der Waals surface area (Å²) in [6, 6.07) is 0. The van der Waals surface area contributed by atoms with Gasteiger partial charge in [0.25, 0.3) is 6.29 Å². The van der Waals surface area contributed by atoms with Gasteiger partial charge in [0.05, 0.1) is 6.61 Å². The third kappa shape index (κ3) is 5.67. The lowest BCUT2D eigenvalue weighted by Gasteiger charge is -2.37. The van der Waals surface area contributed by atoms with E-state index in [0.717, 1.165) is 20.8 Å². The highest BCUT2D eigenvalue weighted by Gasteiger charge is 2.60. The fraction of sp³-hybridized carbons (Fsp3) is 0.727. The molecule has 1 saturated heterocycles. The lowest BCUT2D eigenvalue weighted by atomic mass is 10.0. The summed E-state index contributed by atoms with van der Waals surface area (Å²) < 4.78 is 33.1. The van der Waals surface area contributed by atoms with Crippen LogP contribution in [0.25, 0.3) is 0 Å². The molecule has 23 heavy (non-hydrogen) atoms. The Morgan fingerprint density at radius 2 is 1.39 bits per heavy atom. The Balaban J connectivity index is 2.84. The first-order valence-electron chi connectivity index (χ1n) is 6.15. The molecule has 0 spiro atoms. The van der Waals surface area contributed by atoms with E-state index in [1.165, 1.54) is 0 Å². The van der Waals surface area contributed by atoms with Crippen LogP contribution in [0.1, 0.15) is 20.8 Å². The molecule has 0 radical (unpaired) electrons. The Bertz CT molecular complexity index is 454. The fourth-order valence-corrected chi connectivity index (χ4v) is 1.42. The Morgan fingerprint density at radius 1 is 0.913 bits per heavy atom. The summed E-state index contributed by atoms with van der Waals surface area (Å²) in [7, 11) is 0. The Hall–Kier alpha value is -1.89. The van der Waals surface area contributed by atoms with Gasteiger partial charge in [-0.3, -0.25) is 14.7 Å². The van der Waals surface area contributed by atoms with Crippen molar-refractivity contribution < 1.29 is 57.2 Å². The van der Waals surface area contributed by atoms with Crippen LogP contribution in [0.3, 0.4) is 0 Å². The predicted octanol–water partition coefficient (Wildman–Crippen LogP) is 0.199. The van der Waals surface area contributed by atoms with Crippen molar-refractivity contribution in [2.75, 3.05) is 6.61 Å². The second kappa shape index (κ2) is 8.10. The molecule has 1 aliphatic rings. The molecular weight excluding hydrogens is 330 g/mol. The number of hydrogen-bond donors (Lipinski definition) is 0. The third-order valence-electron chi connectivity index (χ3n) is 2.25. The van der Waals surface area contributed by atoms with Crippen molar-refractivity contribution in [1.82, 2.24) is 0 Å². The molecule has 0 N–H and O–H groups in total. The topological polar surface area (TPSA) is 116 Å². The van der Waals surface area contributed by atoms with Crippen molar-refractivity contribution in [3.63, 3.8) is 0 Å². The van der Waals surface area contributed by atoms with E-state index in [0.29, 0.717) is 0 Å². The minimum atomic E-state index is -3.99. The largest absolute Gasteiger partial charge is 0.341 e. The zero-order valence-electron chi connectivity index (χ0n) is 12.3. The van der Waals surface area contributed by atoms with Gasteiger partial charge in [-0.15, -0.1) is 4.89 Å². The molecule has 1 aliphatic heterocycles. The average Bonchev–Trinajstić information content (AvgIpc) is 2.41. The van der Waals surface area contributed by atoms with Crippen LogP contribution in [0.2, 0.25) is 0 Å². The molecule has 0 aliphatic carbocycles. The van der Waals surface area contributed by atoms with Crippen LogP contribution < -0.4 is 0 Å². The smallest absolute Gasteiger partial charge is 0.339 e. The van der Waals surface area contributed by atoms with Crippen LogP contribution >= 0.6 is 0 Å². The molecule has 10 nitrogen and oxygen atoms in total. The maximum Gasteiger partial charge on any atom is 0.339 e. The molecule has 3 atom stereocenters. The molecule has 0 amide bonds. The van der Waals surface area contributed by atoms with Gasteiger partial charge in [-0.05, 0) is 0 Å². The van der Waals surface area contributed by atoms with Crippen molar-refractivity contribution in [3.05, 3.63) is 0 Å². The molecule has 0 aromatic rings. The Kier molecular flexibility index (Phi) is 6.75. The minimum absolute atomic E-state index is 0.610. The van der Waals surface area contributed by atoms with E-state index < -0.39 is 48.9 Å². The summed E-state index contributed by atoms with van der Waals surface area (Å²) in [5, 5.41) is 0. The van der Waals surface area contributed by atoms with E-state index in [1.54, 1.807) is 0 Å². The van der Waals surface area contributed by atoms with Crippen LogP contribution in [-0.2, 0) is 48.4 Å². The molecule has 132 valence electrons. The first-order valence-corrected chi connectivity index (χ1v) is 6.15. The standard InChI is InChI=1S/C11H14F2O10/c1-5(14)18-21-8-4-17-10(23-20-7(3)16)11(12,13)9(8)22-19-6(2)15/h8-10H,4H2,1-3H3/t8-,9-,10?/m1/s1. The van der Waals surface area contributed by atoms with E-state index in [9.17, 15) is 23.2 Å². The third-order valence-corrected chi connectivity index (χ3v) is 2.25. The number of ether oxygens (including phenoxy) is 1. The molecule has 12 heteroatoms. The molecule has 0 saturated carbocycles. The van der Waals surface area contributed by atoms with Gasteiger partial charge in [-0.25, -0.2) is 14.4 Å². The highest BCUT2D eigenvalue weighted by molar-refractivity contribution is 5.65. The molecule has 0 bridgehead atoms. The van der Waals surface area contributed by atoms with Gasteiger partial charge in [0.1, 0.15) is 0 Å². The predicted molar refractivity (Wildman–Crippen MR) is 60.8 cm³/mol. The summed E-state index contributed by atoms with van der Waals surface area (Å²) in [4.78, 5) is 57.2. The van der Waals surface area contributed by atoms with Crippen molar-refractivity contribution in [2.45, 2.75) is 45.2 Å². The number of hydrogen-bond acceptors (Lipinski definition) is 10. The van der Waals surface area contributed by atoms with E-state index in [2.05, 4.69) is 34.1 Å². The van der Waals surface area contributed by atoms with Crippen LogP contribution in [0.15, 0.2) is 0 Å². The van der Waals surface area contributed by atoms with Crippen LogP contribution in [0.5, 0.6) is 0 Å². The maximum atomic E-state index is 14.2. The minimum Gasteiger partial charge on any atom is -0.341 e. The van der Waals surface area contributed by atoms with Gasteiger partial charge in [-0.2, -0.15) is 18.6 Å². The normalized spacial score (nSPS) is 26.2. The molecule has 1 heterocycles. The first-order chi connectivity index (χ1) is 10.6. The van der Waals surface area contributed by atoms with Crippen molar-refractivity contribution in [2.24, 2.45) is 0 Å². The van der Waals surface area contributed by atoms with E-state index >= 15 is 0 Å². The van der Waals surface area contributed by atoms with Crippen molar-refractivity contribution >= 4 is 17.9 Å². The summed E-state index contributed by atoms with van der Waals surface area (Å²) >= 11 is 0. The number of rotatable bonds is 6. The Morgan fingerprint density at radius 3 is 1.91 bits per heavy atom. The van der Waals surface area contributed by atoms with Gasteiger partial charge in [0.2, 0.25) is 6.10 Å². The second-order valence-electron chi connectivity index (χ2n) is 4.31. The number of halogens is 2. The molecule has 1 rings (SSSR count). The highest BCUT2D eigenvalue weighted by atomic mass is 19.3. The second-order valence-corrected chi connectivity index (χ2v) is 4.31. The van der Waals surface area contributed by atoms with Crippen LogP contribution in [-0.4, -0.2) is 48.9 Å². The maximum absolute atomic E-state index is 14.2. The highest BCUT2D eigenvalue weighted by Crippen LogP contribution is 2.36. The lowest BCUT2D eigenvalue weighted by Crippen LogP contribution is -2.60. The van der Waals surface area contributed by atoms with Crippen molar-refractivity contribution in [3.8, 4) is 0 Å². The van der Waals surface area contributed by atoms with E-state index in [-0.39, 0.29) is 0 Å². The van der Waals surface area contributed by atoms with Crippen LogP contribution in [0.4, 0.5) is 8.78 Å². The molecule has 0 aromatic carbocycles. The quantitative estimate of drug-likeness (QED) is 0.488. The molecular formula is C11H14F2O10. The number of carbonyl (C=O) groups is 3. The summed E-state index contributed by atoms with van der Waals surface area (Å²) in [5.74, 6) is -6.93. The zero-order chi connectivity index (χ0) is 17.6. The lowest BCUT2D eigenvalue weighted by molar-refractivity contribution is -0.470. The molecule has 1 unspecified atom stereocenters. The van der Waals surface area contributed by atoms with E-state index in [1.807, 2.05) is 0 Å². The molecule has 0 aromatic heterocycles. The first kappa shape index (κ1) is 19.2. The Labute approximate surface area is 128 Å². The van der Waals surface area contributed by atoms with Crippen LogP contribution in [0, 0.1) is 0 Å². The monoisotopic (exact) mass is 344 g/mol. The SMILES string of the molecule is CC(=O)OOC1OC[C@@H](OOC(C)=O)[C@@H](OOC(C)=O)C1(F)F. The zero-order valence-corrected chi connectivity index (χ0v) is 12.3. The van der Waals surface area contributed by atoms with Gasteiger partial charge in [0, 0.05) is 20.8 Å². The van der Waals surface area contributed by atoms with Crippen molar-refractivity contribution in [1.29, 1.82) is 0 Å². The van der Waals surface area contributed by atoms with Gasteiger partial charge in [0.15, 0.2) is 6.10 Å². The summed E-state index contributed by atoms with van der Waals surface area (Å²) in [6.45, 7) is 2.18. The van der Waals surface area contributed by atoms with Gasteiger partial charge >= 0.3 is 23.8 Å².